The number of fused-ring (bicyclic) bond motifs is 1. The summed E-state index contributed by atoms with van der Waals surface area (Å²) in [5, 5.41) is 3.52. The SMILES string of the molecule is CC1(CN2C[C@H]3CCCC[C@H]3C2)CCNC1. The van der Waals surface area contributed by atoms with Gasteiger partial charge < -0.3 is 10.2 Å². The van der Waals surface area contributed by atoms with E-state index < -0.39 is 0 Å². The third-order valence-corrected chi connectivity index (χ3v) is 5.11. The molecule has 3 rings (SSSR count). The van der Waals surface area contributed by atoms with Gasteiger partial charge in [0.25, 0.3) is 0 Å². The lowest BCUT2D eigenvalue weighted by atomic mass is 9.82. The molecule has 1 aliphatic carbocycles. The Balaban J connectivity index is 1.56. The molecule has 1 saturated carbocycles. The van der Waals surface area contributed by atoms with E-state index in [2.05, 4.69) is 17.1 Å². The molecule has 0 bridgehead atoms. The number of nitrogens with zero attached hydrogens (tertiary/aromatic N) is 1. The molecule has 16 heavy (non-hydrogen) atoms. The van der Waals surface area contributed by atoms with Crippen LogP contribution in [0.25, 0.3) is 0 Å². The topological polar surface area (TPSA) is 15.3 Å². The van der Waals surface area contributed by atoms with Gasteiger partial charge >= 0.3 is 0 Å². The molecule has 0 amide bonds. The summed E-state index contributed by atoms with van der Waals surface area (Å²) in [5.74, 6) is 2.10. The molecule has 3 aliphatic rings. The van der Waals surface area contributed by atoms with Crippen molar-refractivity contribution in [1.29, 1.82) is 0 Å². The maximum Gasteiger partial charge on any atom is 0.00482 e. The molecule has 2 heteroatoms. The molecular formula is C14H26N2. The summed E-state index contributed by atoms with van der Waals surface area (Å²) in [7, 11) is 0. The first-order chi connectivity index (χ1) is 7.75. The Bertz CT molecular complexity index is 231. The van der Waals surface area contributed by atoms with Crippen LogP contribution in [0.3, 0.4) is 0 Å². The van der Waals surface area contributed by atoms with Gasteiger partial charge in [0.15, 0.2) is 0 Å². The highest BCUT2D eigenvalue weighted by atomic mass is 15.2. The molecular weight excluding hydrogens is 196 g/mol. The summed E-state index contributed by atoms with van der Waals surface area (Å²) in [6.07, 6.45) is 7.38. The molecule has 3 atom stereocenters. The zero-order valence-electron chi connectivity index (χ0n) is 10.7. The van der Waals surface area contributed by atoms with Crippen molar-refractivity contribution in [3.05, 3.63) is 0 Å². The molecule has 2 saturated heterocycles. The predicted octanol–water partition coefficient (Wildman–Crippen LogP) is 2.11. The molecule has 92 valence electrons. The number of hydrogen-bond acceptors (Lipinski definition) is 2. The van der Waals surface area contributed by atoms with E-state index in [1.165, 1.54) is 64.8 Å². The number of likely N-dealkylation sites (tertiary alicyclic amines) is 1. The van der Waals surface area contributed by atoms with E-state index in [1.54, 1.807) is 0 Å². The molecule has 2 aliphatic heterocycles. The number of nitrogens with one attached hydrogen (secondary N) is 1. The summed E-state index contributed by atoms with van der Waals surface area (Å²) < 4.78 is 0. The van der Waals surface area contributed by atoms with Crippen molar-refractivity contribution in [1.82, 2.24) is 10.2 Å². The van der Waals surface area contributed by atoms with Crippen molar-refractivity contribution in [2.24, 2.45) is 17.3 Å². The van der Waals surface area contributed by atoms with Gasteiger partial charge in [-0.2, -0.15) is 0 Å². The van der Waals surface area contributed by atoms with Gasteiger partial charge in [0.1, 0.15) is 0 Å². The van der Waals surface area contributed by atoms with Crippen LogP contribution < -0.4 is 5.32 Å². The average molecular weight is 222 g/mol. The largest absolute Gasteiger partial charge is 0.316 e. The molecule has 0 spiro atoms. The second kappa shape index (κ2) is 4.30. The van der Waals surface area contributed by atoms with E-state index in [1.807, 2.05) is 0 Å². The summed E-state index contributed by atoms with van der Waals surface area (Å²) in [4.78, 5) is 2.77. The molecule has 0 aromatic rings. The van der Waals surface area contributed by atoms with Gasteiger partial charge in [-0.05, 0) is 43.1 Å². The van der Waals surface area contributed by atoms with Crippen LogP contribution in [0.4, 0.5) is 0 Å². The van der Waals surface area contributed by atoms with Crippen LogP contribution in [0.2, 0.25) is 0 Å². The fraction of sp³-hybridized carbons (Fsp3) is 1.00. The predicted molar refractivity (Wildman–Crippen MR) is 67.5 cm³/mol. The molecule has 1 N–H and O–H groups in total. The minimum atomic E-state index is 0.563. The van der Waals surface area contributed by atoms with Crippen LogP contribution >= 0.6 is 0 Å². The van der Waals surface area contributed by atoms with E-state index in [0.717, 1.165) is 11.8 Å². The molecule has 0 aromatic heterocycles. The summed E-state index contributed by atoms with van der Waals surface area (Å²) in [5.41, 5.74) is 0.563. The van der Waals surface area contributed by atoms with Crippen LogP contribution in [0.5, 0.6) is 0 Å². The Morgan fingerprint density at radius 3 is 2.44 bits per heavy atom. The number of hydrogen-bond donors (Lipinski definition) is 1. The van der Waals surface area contributed by atoms with E-state index in [4.69, 9.17) is 0 Å². The first-order valence-electron chi connectivity index (χ1n) is 7.18. The zero-order valence-corrected chi connectivity index (χ0v) is 10.7. The minimum Gasteiger partial charge on any atom is -0.316 e. The van der Waals surface area contributed by atoms with E-state index in [9.17, 15) is 0 Å². The number of rotatable bonds is 2. The van der Waals surface area contributed by atoms with Gasteiger partial charge in [0.05, 0.1) is 0 Å². The maximum atomic E-state index is 3.52. The standard InChI is InChI=1S/C14H26N2/c1-14(6-7-15-10-14)11-16-8-12-4-2-3-5-13(12)9-16/h12-13,15H,2-11H2,1H3/t12-,13+,14?. The summed E-state index contributed by atoms with van der Waals surface area (Å²) in [6.45, 7) is 9.08. The van der Waals surface area contributed by atoms with Crippen LogP contribution in [0.15, 0.2) is 0 Å². The van der Waals surface area contributed by atoms with E-state index in [-0.39, 0.29) is 0 Å². The second-order valence-corrected chi connectivity index (χ2v) is 6.74. The highest BCUT2D eigenvalue weighted by Crippen LogP contribution is 2.37. The van der Waals surface area contributed by atoms with Crippen molar-refractivity contribution in [3.8, 4) is 0 Å². The van der Waals surface area contributed by atoms with Gasteiger partial charge in [-0.15, -0.1) is 0 Å². The zero-order chi connectivity index (χ0) is 11.0. The fourth-order valence-corrected chi connectivity index (χ4v) is 4.18. The van der Waals surface area contributed by atoms with Gasteiger partial charge in [-0.25, -0.2) is 0 Å². The molecule has 2 nitrogen and oxygen atoms in total. The smallest absolute Gasteiger partial charge is 0.00482 e. The highest BCUT2D eigenvalue weighted by Gasteiger charge is 2.38. The molecule has 0 aromatic carbocycles. The minimum absolute atomic E-state index is 0.563. The Morgan fingerprint density at radius 1 is 1.19 bits per heavy atom. The van der Waals surface area contributed by atoms with Crippen LogP contribution in [-0.4, -0.2) is 37.6 Å². The van der Waals surface area contributed by atoms with Crippen molar-refractivity contribution in [2.45, 2.75) is 39.0 Å². The highest BCUT2D eigenvalue weighted by molar-refractivity contribution is 4.92. The fourth-order valence-electron chi connectivity index (χ4n) is 4.18. The molecule has 3 fully saturated rings. The van der Waals surface area contributed by atoms with Gasteiger partial charge in [0, 0.05) is 26.2 Å². The van der Waals surface area contributed by atoms with Crippen LogP contribution in [0.1, 0.15) is 39.0 Å². The molecule has 0 radical (unpaired) electrons. The quantitative estimate of drug-likeness (QED) is 0.770. The monoisotopic (exact) mass is 222 g/mol. The summed E-state index contributed by atoms with van der Waals surface area (Å²) >= 11 is 0. The first-order valence-corrected chi connectivity index (χ1v) is 7.18. The Kier molecular flexibility index (Phi) is 2.97. The first kappa shape index (κ1) is 11.0. The second-order valence-electron chi connectivity index (χ2n) is 6.74. The average Bonchev–Trinajstić information content (AvgIpc) is 2.84. The maximum absolute atomic E-state index is 3.52. The molecule has 2 heterocycles. The van der Waals surface area contributed by atoms with Crippen LogP contribution in [0, 0.1) is 17.3 Å². The third kappa shape index (κ3) is 2.14. The lowest BCUT2D eigenvalue weighted by Crippen LogP contribution is -2.36. The third-order valence-electron chi connectivity index (χ3n) is 5.11. The van der Waals surface area contributed by atoms with Crippen molar-refractivity contribution in [2.75, 3.05) is 32.7 Å². The van der Waals surface area contributed by atoms with Crippen molar-refractivity contribution < 1.29 is 0 Å². The Morgan fingerprint density at radius 2 is 1.88 bits per heavy atom. The van der Waals surface area contributed by atoms with Crippen LogP contribution in [-0.2, 0) is 0 Å². The van der Waals surface area contributed by atoms with E-state index in [0.29, 0.717) is 5.41 Å². The molecule has 1 unspecified atom stereocenters. The lowest BCUT2D eigenvalue weighted by Gasteiger charge is -2.29. The Labute approximate surface area is 99.8 Å². The van der Waals surface area contributed by atoms with Crippen molar-refractivity contribution in [3.63, 3.8) is 0 Å². The normalized spacial score (nSPS) is 44.8. The summed E-state index contributed by atoms with van der Waals surface area (Å²) in [6, 6.07) is 0. The van der Waals surface area contributed by atoms with Gasteiger partial charge in [0.2, 0.25) is 0 Å². The lowest BCUT2D eigenvalue weighted by molar-refractivity contribution is 0.201. The Hall–Kier alpha value is -0.0800. The van der Waals surface area contributed by atoms with Gasteiger partial charge in [-0.3, -0.25) is 0 Å². The van der Waals surface area contributed by atoms with Gasteiger partial charge in [-0.1, -0.05) is 19.8 Å². The van der Waals surface area contributed by atoms with E-state index >= 15 is 0 Å². The van der Waals surface area contributed by atoms with Crippen molar-refractivity contribution >= 4 is 0 Å².